The molecule has 0 saturated carbocycles. The SMILES string of the molecule is CCCCC(NC(=O)CN(C)C(N)=O)c1cccnc1. The third-order valence-corrected chi connectivity index (χ3v) is 3.03. The number of primary amides is 1. The van der Waals surface area contributed by atoms with Crippen LogP contribution in [0.25, 0.3) is 0 Å². The molecule has 110 valence electrons. The Morgan fingerprint density at radius 3 is 2.80 bits per heavy atom. The summed E-state index contributed by atoms with van der Waals surface area (Å²) in [5.41, 5.74) is 6.07. The quantitative estimate of drug-likeness (QED) is 0.791. The highest BCUT2D eigenvalue weighted by Crippen LogP contribution is 2.18. The van der Waals surface area contributed by atoms with E-state index in [0.29, 0.717) is 0 Å². The summed E-state index contributed by atoms with van der Waals surface area (Å²) in [6.07, 6.45) is 6.34. The molecule has 1 atom stereocenters. The molecule has 6 heteroatoms. The van der Waals surface area contributed by atoms with Crippen LogP contribution in [0.15, 0.2) is 24.5 Å². The first-order valence-electron chi connectivity index (χ1n) is 6.74. The molecule has 3 amide bonds. The molecule has 1 rings (SSSR count). The molecular formula is C14H22N4O2. The first-order chi connectivity index (χ1) is 9.54. The van der Waals surface area contributed by atoms with Crippen molar-refractivity contribution < 1.29 is 9.59 Å². The minimum Gasteiger partial charge on any atom is -0.351 e. The number of nitrogens with one attached hydrogen (secondary N) is 1. The molecule has 1 heterocycles. The van der Waals surface area contributed by atoms with Crippen LogP contribution in [0.1, 0.15) is 37.8 Å². The van der Waals surface area contributed by atoms with Crippen LogP contribution < -0.4 is 11.1 Å². The highest BCUT2D eigenvalue weighted by molar-refractivity contribution is 5.83. The van der Waals surface area contributed by atoms with E-state index in [9.17, 15) is 9.59 Å². The summed E-state index contributed by atoms with van der Waals surface area (Å²) in [6.45, 7) is 2.06. The van der Waals surface area contributed by atoms with Gasteiger partial charge in [0.1, 0.15) is 6.54 Å². The predicted molar refractivity (Wildman–Crippen MR) is 76.9 cm³/mol. The summed E-state index contributed by atoms with van der Waals surface area (Å²) in [6, 6.07) is 3.07. The summed E-state index contributed by atoms with van der Waals surface area (Å²) in [5, 5.41) is 2.93. The molecule has 1 unspecified atom stereocenters. The highest BCUT2D eigenvalue weighted by atomic mass is 16.2. The third kappa shape index (κ3) is 5.26. The second-order valence-corrected chi connectivity index (χ2v) is 4.74. The normalized spacial score (nSPS) is 11.7. The maximum Gasteiger partial charge on any atom is 0.314 e. The third-order valence-electron chi connectivity index (χ3n) is 3.03. The largest absolute Gasteiger partial charge is 0.351 e. The van der Waals surface area contributed by atoms with Crippen molar-refractivity contribution in [3.63, 3.8) is 0 Å². The van der Waals surface area contributed by atoms with Crippen molar-refractivity contribution in [2.24, 2.45) is 5.73 Å². The van der Waals surface area contributed by atoms with Crippen molar-refractivity contribution in [1.29, 1.82) is 0 Å². The number of nitrogens with zero attached hydrogens (tertiary/aromatic N) is 2. The van der Waals surface area contributed by atoms with Crippen LogP contribution in [0.5, 0.6) is 0 Å². The van der Waals surface area contributed by atoms with Crippen molar-refractivity contribution in [2.45, 2.75) is 32.2 Å². The fourth-order valence-corrected chi connectivity index (χ4v) is 1.85. The molecule has 6 nitrogen and oxygen atoms in total. The Kier molecular flexibility index (Phi) is 6.49. The minimum atomic E-state index is -0.619. The maximum absolute atomic E-state index is 11.9. The summed E-state index contributed by atoms with van der Waals surface area (Å²) in [5.74, 6) is -0.226. The zero-order valence-electron chi connectivity index (χ0n) is 12.0. The molecular weight excluding hydrogens is 256 g/mol. The van der Waals surface area contributed by atoms with Gasteiger partial charge in [-0.15, -0.1) is 0 Å². The molecule has 20 heavy (non-hydrogen) atoms. The minimum absolute atomic E-state index is 0.0434. The van der Waals surface area contributed by atoms with Gasteiger partial charge in [0.2, 0.25) is 5.91 Å². The molecule has 1 aromatic rings. The van der Waals surface area contributed by atoms with E-state index in [4.69, 9.17) is 5.73 Å². The average molecular weight is 278 g/mol. The first-order valence-corrected chi connectivity index (χ1v) is 6.74. The summed E-state index contributed by atoms with van der Waals surface area (Å²) >= 11 is 0. The Morgan fingerprint density at radius 2 is 2.25 bits per heavy atom. The van der Waals surface area contributed by atoms with Crippen LogP contribution in [-0.4, -0.2) is 35.4 Å². The van der Waals surface area contributed by atoms with Crippen molar-refractivity contribution in [2.75, 3.05) is 13.6 Å². The van der Waals surface area contributed by atoms with Crippen LogP contribution in [0, 0.1) is 0 Å². The number of carbonyl (C=O) groups is 2. The number of likely N-dealkylation sites (N-methyl/N-ethyl adjacent to an activating group) is 1. The molecule has 1 aromatic heterocycles. The van der Waals surface area contributed by atoms with Gasteiger partial charge in [-0.2, -0.15) is 0 Å². The number of nitrogens with two attached hydrogens (primary N) is 1. The molecule has 0 fully saturated rings. The molecule has 0 bridgehead atoms. The second-order valence-electron chi connectivity index (χ2n) is 4.74. The van der Waals surface area contributed by atoms with Crippen molar-refractivity contribution in [1.82, 2.24) is 15.2 Å². The Morgan fingerprint density at radius 1 is 1.50 bits per heavy atom. The number of amides is 3. The smallest absolute Gasteiger partial charge is 0.314 e. The van der Waals surface area contributed by atoms with Gasteiger partial charge in [-0.1, -0.05) is 25.8 Å². The average Bonchev–Trinajstić information content (AvgIpc) is 2.44. The van der Waals surface area contributed by atoms with Gasteiger partial charge in [-0.25, -0.2) is 4.79 Å². The van der Waals surface area contributed by atoms with Gasteiger partial charge >= 0.3 is 6.03 Å². The van der Waals surface area contributed by atoms with E-state index in [2.05, 4.69) is 17.2 Å². The lowest BCUT2D eigenvalue weighted by atomic mass is 10.0. The van der Waals surface area contributed by atoms with Crippen LogP contribution >= 0.6 is 0 Å². The zero-order chi connectivity index (χ0) is 15.0. The molecule has 0 aliphatic heterocycles. The van der Waals surface area contributed by atoms with Gasteiger partial charge in [0.25, 0.3) is 0 Å². The van der Waals surface area contributed by atoms with Gasteiger partial charge < -0.3 is 16.0 Å². The van der Waals surface area contributed by atoms with Crippen molar-refractivity contribution in [3.8, 4) is 0 Å². The number of urea groups is 1. The van der Waals surface area contributed by atoms with Gasteiger partial charge in [0, 0.05) is 19.4 Å². The molecule has 0 saturated heterocycles. The number of rotatable bonds is 7. The number of hydrogen-bond donors (Lipinski definition) is 2. The van der Waals surface area contributed by atoms with Crippen molar-refractivity contribution in [3.05, 3.63) is 30.1 Å². The standard InChI is InChI=1S/C14H22N4O2/c1-3-4-7-12(11-6-5-8-16-9-11)17-13(19)10-18(2)14(15)20/h5-6,8-9,12H,3-4,7,10H2,1-2H3,(H2,15,20)(H,17,19). The van der Waals surface area contributed by atoms with Crippen LogP contribution in [0.2, 0.25) is 0 Å². The molecule has 0 aromatic carbocycles. The number of pyridine rings is 1. The van der Waals surface area contributed by atoms with Crippen molar-refractivity contribution >= 4 is 11.9 Å². The Balaban J connectivity index is 2.65. The highest BCUT2D eigenvalue weighted by Gasteiger charge is 2.16. The lowest BCUT2D eigenvalue weighted by Gasteiger charge is -2.21. The monoisotopic (exact) mass is 278 g/mol. The fraction of sp³-hybridized carbons (Fsp3) is 0.500. The Labute approximate surface area is 119 Å². The van der Waals surface area contributed by atoms with E-state index < -0.39 is 6.03 Å². The lowest BCUT2D eigenvalue weighted by molar-refractivity contribution is -0.122. The number of unbranched alkanes of at least 4 members (excludes halogenated alkanes) is 1. The zero-order valence-corrected chi connectivity index (χ0v) is 12.0. The summed E-state index contributed by atoms with van der Waals surface area (Å²) < 4.78 is 0. The Bertz CT molecular complexity index is 436. The topological polar surface area (TPSA) is 88.3 Å². The fourth-order valence-electron chi connectivity index (χ4n) is 1.85. The van der Waals surface area contributed by atoms with E-state index in [1.165, 1.54) is 11.9 Å². The van der Waals surface area contributed by atoms with Crippen LogP contribution in [0.3, 0.4) is 0 Å². The van der Waals surface area contributed by atoms with Gasteiger partial charge in [-0.05, 0) is 18.1 Å². The van der Waals surface area contributed by atoms with Gasteiger partial charge in [0.15, 0.2) is 0 Å². The number of hydrogen-bond acceptors (Lipinski definition) is 3. The molecule has 0 radical (unpaired) electrons. The van der Waals surface area contributed by atoms with E-state index in [-0.39, 0.29) is 18.5 Å². The molecule has 0 spiro atoms. The lowest BCUT2D eigenvalue weighted by Crippen LogP contribution is -2.41. The van der Waals surface area contributed by atoms with Gasteiger partial charge in [-0.3, -0.25) is 9.78 Å². The van der Waals surface area contributed by atoms with E-state index in [1.54, 1.807) is 12.4 Å². The number of aromatic nitrogens is 1. The first kappa shape index (κ1) is 15.9. The second kappa shape index (κ2) is 8.14. The van der Waals surface area contributed by atoms with E-state index in [0.717, 1.165) is 24.8 Å². The Hall–Kier alpha value is -2.11. The van der Waals surface area contributed by atoms with Crippen LogP contribution in [0.4, 0.5) is 4.79 Å². The summed E-state index contributed by atoms with van der Waals surface area (Å²) in [4.78, 5) is 28.1. The number of carbonyl (C=O) groups excluding carboxylic acids is 2. The van der Waals surface area contributed by atoms with E-state index >= 15 is 0 Å². The molecule has 3 N–H and O–H groups in total. The molecule has 0 aliphatic carbocycles. The van der Waals surface area contributed by atoms with E-state index in [1.807, 2.05) is 12.1 Å². The van der Waals surface area contributed by atoms with Gasteiger partial charge in [0.05, 0.1) is 6.04 Å². The van der Waals surface area contributed by atoms with Crippen LogP contribution in [-0.2, 0) is 4.79 Å². The summed E-state index contributed by atoms with van der Waals surface area (Å²) in [7, 11) is 1.49. The predicted octanol–water partition coefficient (Wildman–Crippen LogP) is 1.44. The maximum atomic E-state index is 11.9. The molecule has 0 aliphatic rings.